The first-order chi connectivity index (χ1) is 9.81. The lowest BCUT2D eigenvalue weighted by atomic mass is 9.94. The van der Waals surface area contributed by atoms with Crippen LogP contribution in [0, 0.1) is 0 Å². The zero-order valence-corrected chi connectivity index (χ0v) is 11.5. The van der Waals surface area contributed by atoms with E-state index in [1.807, 2.05) is 24.4 Å². The van der Waals surface area contributed by atoms with Gasteiger partial charge in [-0.3, -0.25) is 0 Å². The molecule has 0 spiro atoms. The molecule has 1 aliphatic rings. The van der Waals surface area contributed by atoms with Crippen molar-refractivity contribution in [2.24, 2.45) is 5.73 Å². The predicted octanol–water partition coefficient (Wildman–Crippen LogP) is 1.43. The summed E-state index contributed by atoms with van der Waals surface area (Å²) in [5, 5.41) is 7.52. The second kappa shape index (κ2) is 6.19. The van der Waals surface area contributed by atoms with E-state index in [1.54, 1.807) is 4.52 Å². The first-order valence-electron chi connectivity index (χ1n) is 7.24. The van der Waals surface area contributed by atoms with Crippen LogP contribution in [0.4, 0.5) is 5.95 Å². The summed E-state index contributed by atoms with van der Waals surface area (Å²) in [6.07, 6.45) is 6.56. The highest BCUT2D eigenvalue weighted by molar-refractivity contribution is 5.42. The van der Waals surface area contributed by atoms with E-state index in [4.69, 9.17) is 10.5 Å². The van der Waals surface area contributed by atoms with Gasteiger partial charge in [-0.2, -0.15) is 4.98 Å². The van der Waals surface area contributed by atoms with E-state index in [0.29, 0.717) is 24.7 Å². The molecule has 0 aromatic carbocycles. The van der Waals surface area contributed by atoms with Crippen LogP contribution in [0.1, 0.15) is 25.7 Å². The standard InChI is InChI=1S/C14H21N5O/c15-11-4-6-12(7-5-11)20-10-8-16-14-17-13-3-1-2-9-19(13)18-14/h1-3,9,11-12H,4-8,10,15H2,(H,16,18). The van der Waals surface area contributed by atoms with Crippen LogP contribution in [0.5, 0.6) is 0 Å². The molecular formula is C14H21N5O. The number of rotatable bonds is 5. The van der Waals surface area contributed by atoms with Crippen molar-refractivity contribution < 1.29 is 4.74 Å². The van der Waals surface area contributed by atoms with Crippen LogP contribution in [0.25, 0.3) is 5.65 Å². The fourth-order valence-electron chi connectivity index (χ4n) is 2.55. The minimum absolute atomic E-state index is 0.366. The van der Waals surface area contributed by atoms with Gasteiger partial charge in [0.1, 0.15) is 0 Å². The molecule has 20 heavy (non-hydrogen) atoms. The summed E-state index contributed by atoms with van der Waals surface area (Å²) < 4.78 is 7.60. The number of ether oxygens (including phenoxy) is 1. The number of nitrogens with one attached hydrogen (secondary N) is 1. The molecule has 3 N–H and O–H groups in total. The molecule has 1 aliphatic carbocycles. The van der Waals surface area contributed by atoms with Crippen LogP contribution in [0.2, 0.25) is 0 Å². The monoisotopic (exact) mass is 275 g/mol. The van der Waals surface area contributed by atoms with Crippen LogP contribution in [0.3, 0.4) is 0 Å². The molecule has 6 heteroatoms. The number of anilines is 1. The number of fused-ring (bicyclic) bond motifs is 1. The lowest BCUT2D eigenvalue weighted by Crippen LogP contribution is -2.31. The van der Waals surface area contributed by atoms with E-state index in [-0.39, 0.29) is 0 Å². The van der Waals surface area contributed by atoms with Crippen LogP contribution < -0.4 is 11.1 Å². The van der Waals surface area contributed by atoms with Gasteiger partial charge in [0.15, 0.2) is 5.65 Å². The molecule has 2 heterocycles. The topological polar surface area (TPSA) is 77.5 Å². The van der Waals surface area contributed by atoms with Crippen molar-refractivity contribution in [3.8, 4) is 0 Å². The highest BCUT2D eigenvalue weighted by Crippen LogP contribution is 2.19. The van der Waals surface area contributed by atoms with Crippen molar-refractivity contribution in [3.63, 3.8) is 0 Å². The van der Waals surface area contributed by atoms with Crippen molar-refractivity contribution in [1.29, 1.82) is 0 Å². The third-order valence-corrected chi connectivity index (χ3v) is 3.70. The first-order valence-corrected chi connectivity index (χ1v) is 7.24. The molecule has 0 saturated heterocycles. The molecule has 0 amide bonds. The molecule has 1 saturated carbocycles. The van der Waals surface area contributed by atoms with E-state index >= 15 is 0 Å². The maximum atomic E-state index is 5.88. The molecule has 3 rings (SSSR count). The summed E-state index contributed by atoms with van der Waals surface area (Å²) in [5.74, 6) is 0.644. The molecule has 108 valence electrons. The smallest absolute Gasteiger partial charge is 0.243 e. The fraction of sp³-hybridized carbons (Fsp3) is 0.571. The Morgan fingerprint density at radius 3 is 2.95 bits per heavy atom. The Labute approximate surface area is 118 Å². The highest BCUT2D eigenvalue weighted by Gasteiger charge is 2.18. The van der Waals surface area contributed by atoms with Crippen molar-refractivity contribution in [1.82, 2.24) is 14.6 Å². The average molecular weight is 275 g/mol. The Morgan fingerprint density at radius 2 is 2.15 bits per heavy atom. The fourth-order valence-corrected chi connectivity index (χ4v) is 2.55. The summed E-state index contributed by atoms with van der Waals surface area (Å²) in [6.45, 7) is 1.40. The summed E-state index contributed by atoms with van der Waals surface area (Å²) >= 11 is 0. The Balaban J connectivity index is 1.41. The van der Waals surface area contributed by atoms with Gasteiger partial charge in [0.25, 0.3) is 0 Å². The van der Waals surface area contributed by atoms with Crippen LogP contribution >= 0.6 is 0 Å². The summed E-state index contributed by atoms with van der Waals surface area (Å²) in [7, 11) is 0. The summed E-state index contributed by atoms with van der Waals surface area (Å²) in [6, 6.07) is 6.18. The van der Waals surface area contributed by atoms with Gasteiger partial charge in [0.05, 0.1) is 12.7 Å². The quantitative estimate of drug-likeness (QED) is 0.807. The van der Waals surface area contributed by atoms with Gasteiger partial charge in [0, 0.05) is 18.8 Å². The Kier molecular flexibility index (Phi) is 4.13. The number of nitrogens with two attached hydrogens (primary N) is 1. The summed E-state index contributed by atoms with van der Waals surface area (Å²) in [5.41, 5.74) is 6.72. The molecule has 2 aromatic rings. The molecule has 0 unspecified atom stereocenters. The highest BCUT2D eigenvalue weighted by atomic mass is 16.5. The van der Waals surface area contributed by atoms with Gasteiger partial charge in [-0.05, 0) is 37.8 Å². The molecule has 0 bridgehead atoms. The molecule has 6 nitrogen and oxygen atoms in total. The van der Waals surface area contributed by atoms with E-state index in [9.17, 15) is 0 Å². The van der Waals surface area contributed by atoms with Crippen molar-refractivity contribution in [2.75, 3.05) is 18.5 Å². The van der Waals surface area contributed by atoms with Gasteiger partial charge in [-0.15, -0.1) is 5.10 Å². The maximum absolute atomic E-state index is 5.88. The van der Waals surface area contributed by atoms with E-state index < -0.39 is 0 Å². The molecule has 1 fully saturated rings. The SMILES string of the molecule is NC1CCC(OCCNc2nc3ccccn3n2)CC1. The van der Waals surface area contributed by atoms with Gasteiger partial charge < -0.3 is 15.8 Å². The van der Waals surface area contributed by atoms with E-state index in [2.05, 4.69) is 15.4 Å². The van der Waals surface area contributed by atoms with E-state index in [1.165, 1.54) is 0 Å². The van der Waals surface area contributed by atoms with Gasteiger partial charge in [0.2, 0.25) is 5.95 Å². The second-order valence-electron chi connectivity index (χ2n) is 5.27. The number of hydrogen-bond donors (Lipinski definition) is 2. The largest absolute Gasteiger partial charge is 0.376 e. The van der Waals surface area contributed by atoms with E-state index in [0.717, 1.165) is 37.9 Å². The first kappa shape index (κ1) is 13.3. The number of pyridine rings is 1. The van der Waals surface area contributed by atoms with Gasteiger partial charge in [-0.25, -0.2) is 4.52 Å². The molecule has 0 aliphatic heterocycles. The predicted molar refractivity (Wildman–Crippen MR) is 77.7 cm³/mol. The molecule has 2 aromatic heterocycles. The third kappa shape index (κ3) is 3.26. The number of hydrogen-bond acceptors (Lipinski definition) is 5. The normalized spacial score (nSPS) is 23.1. The summed E-state index contributed by atoms with van der Waals surface area (Å²) in [4.78, 5) is 4.38. The van der Waals surface area contributed by atoms with Crippen LogP contribution in [-0.4, -0.2) is 39.9 Å². The lowest BCUT2D eigenvalue weighted by molar-refractivity contribution is 0.0312. The molecule has 0 radical (unpaired) electrons. The van der Waals surface area contributed by atoms with Crippen molar-refractivity contribution in [2.45, 2.75) is 37.8 Å². The Hall–Kier alpha value is -1.66. The minimum atomic E-state index is 0.366. The Bertz CT molecular complexity index is 514. The second-order valence-corrected chi connectivity index (χ2v) is 5.27. The van der Waals surface area contributed by atoms with Gasteiger partial charge >= 0.3 is 0 Å². The number of nitrogens with zero attached hydrogens (tertiary/aromatic N) is 3. The van der Waals surface area contributed by atoms with Crippen molar-refractivity contribution in [3.05, 3.63) is 24.4 Å². The van der Waals surface area contributed by atoms with Gasteiger partial charge in [-0.1, -0.05) is 6.07 Å². The van der Waals surface area contributed by atoms with Crippen LogP contribution in [-0.2, 0) is 4.74 Å². The lowest BCUT2D eigenvalue weighted by Gasteiger charge is -2.26. The minimum Gasteiger partial charge on any atom is -0.376 e. The van der Waals surface area contributed by atoms with Crippen molar-refractivity contribution >= 4 is 11.6 Å². The third-order valence-electron chi connectivity index (χ3n) is 3.70. The average Bonchev–Trinajstić information content (AvgIpc) is 2.88. The van der Waals surface area contributed by atoms with Crippen LogP contribution in [0.15, 0.2) is 24.4 Å². The molecular weight excluding hydrogens is 254 g/mol. The zero-order valence-electron chi connectivity index (χ0n) is 11.5. The Morgan fingerprint density at radius 1 is 1.30 bits per heavy atom. The molecule has 0 atom stereocenters. The maximum Gasteiger partial charge on any atom is 0.243 e. The zero-order chi connectivity index (χ0) is 13.8. The number of aromatic nitrogens is 3.